The summed E-state index contributed by atoms with van der Waals surface area (Å²) in [5, 5.41) is 12.9. The average Bonchev–Trinajstić information content (AvgIpc) is 2.93. The number of carboxylic acid groups (broad SMARTS) is 1. The van der Waals surface area contributed by atoms with Crippen LogP contribution in [-0.2, 0) is 16.0 Å². The molecule has 142 valence electrons. The molecule has 0 aliphatic carbocycles. The van der Waals surface area contributed by atoms with Gasteiger partial charge in [0.05, 0.1) is 6.61 Å². The Morgan fingerprint density at radius 2 is 1.96 bits per heavy atom. The Balaban J connectivity index is 2.00. The van der Waals surface area contributed by atoms with Gasteiger partial charge in [0.2, 0.25) is 0 Å². The highest BCUT2D eigenvalue weighted by molar-refractivity contribution is 6.67. The van der Waals surface area contributed by atoms with Gasteiger partial charge in [0, 0.05) is 23.5 Å². The van der Waals surface area contributed by atoms with E-state index >= 15 is 0 Å². The summed E-state index contributed by atoms with van der Waals surface area (Å²) in [6, 6.07) is 7.53. The smallest absolute Gasteiger partial charge is 0.408 e. The van der Waals surface area contributed by atoms with Crippen molar-refractivity contribution in [2.75, 3.05) is 6.61 Å². The molecule has 0 unspecified atom stereocenters. The number of benzene rings is 1. The van der Waals surface area contributed by atoms with E-state index in [0.717, 1.165) is 16.5 Å². The topological polar surface area (TPSA) is 91.4 Å². The third kappa shape index (κ3) is 5.69. The molecule has 0 saturated heterocycles. The molecule has 0 radical (unpaired) electrons. The summed E-state index contributed by atoms with van der Waals surface area (Å²) in [4.78, 5) is 26.8. The molecule has 2 rings (SSSR count). The molecule has 1 amide bonds. The van der Waals surface area contributed by atoms with Crippen molar-refractivity contribution in [2.45, 2.75) is 35.5 Å². The minimum absolute atomic E-state index is 0.0164. The van der Waals surface area contributed by atoms with Crippen LogP contribution in [0.2, 0.25) is 0 Å². The van der Waals surface area contributed by atoms with Crippen LogP contribution in [0.1, 0.15) is 25.3 Å². The Morgan fingerprint density at radius 3 is 2.62 bits per heavy atom. The molecule has 0 spiro atoms. The first-order chi connectivity index (χ1) is 12.1. The zero-order chi connectivity index (χ0) is 19.4. The molecule has 9 heteroatoms. The van der Waals surface area contributed by atoms with E-state index in [1.807, 2.05) is 24.3 Å². The summed E-state index contributed by atoms with van der Waals surface area (Å²) >= 11 is 16.9. The van der Waals surface area contributed by atoms with E-state index in [-0.39, 0.29) is 19.4 Å². The maximum Gasteiger partial charge on any atom is 0.408 e. The molecule has 0 fully saturated rings. The van der Waals surface area contributed by atoms with E-state index in [2.05, 4.69) is 10.3 Å². The lowest BCUT2D eigenvalue weighted by atomic mass is 9.93. The number of ether oxygens (including phenoxy) is 1. The Kier molecular flexibility index (Phi) is 6.66. The normalized spacial score (nSPS) is 14.0. The van der Waals surface area contributed by atoms with Crippen LogP contribution in [0.3, 0.4) is 0 Å². The maximum absolute atomic E-state index is 12.0. The second-order valence-electron chi connectivity index (χ2n) is 6.15. The minimum atomic E-state index is -1.53. The highest BCUT2D eigenvalue weighted by atomic mass is 35.6. The largest absolute Gasteiger partial charge is 0.480 e. The number of carboxylic acids is 1. The monoisotopic (exact) mass is 420 g/mol. The average molecular weight is 422 g/mol. The number of aromatic amines is 1. The number of aromatic nitrogens is 1. The first-order valence-electron chi connectivity index (χ1n) is 7.91. The number of carbonyl (C=O) groups excluding carboxylic acids is 1. The number of alkyl carbamates (subject to hydrolysis) is 1. The molecule has 1 heterocycles. The van der Waals surface area contributed by atoms with Crippen molar-refractivity contribution in [3.8, 4) is 0 Å². The predicted molar refractivity (Wildman–Crippen MR) is 102 cm³/mol. The van der Waals surface area contributed by atoms with Gasteiger partial charge in [-0.05, 0) is 31.4 Å². The summed E-state index contributed by atoms with van der Waals surface area (Å²) in [6.07, 6.45) is 1.56. The molecule has 0 bridgehead atoms. The second-order valence-corrected chi connectivity index (χ2v) is 8.67. The first-order valence-corrected chi connectivity index (χ1v) is 9.04. The molecule has 1 aromatic heterocycles. The van der Waals surface area contributed by atoms with Crippen LogP contribution in [0.15, 0.2) is 30.5 Å². The van der Waals surface area contributed by atoms with Gasteiger partial charge in [-0.15, -0.1) is 0 Å². The van der Waals surface area contributed by atoms with Gasteiger partial charge in [0.15, 0.2) is 3.79 Å². The van der Waals surface area contributed by atoms with Crippen LogP contribution in [0.5, 0.6) is 0 Å². The van der Waals surface area contributed by atoms with Crippen LogP contribution in [-0.4, -0.2) is 38.1 Å². The van der Waals surface area contributed by atoms with E-state index in [1.165, 1.54) is 6.92 Å². The van der Waals surface area contributed by atoms with Gasteiger partial charge in [-0.1, -0.05) is 53.0 Å². The van der Waals surface area contributed by atoms with Crippen LogP contribution in [0.4, 0.5) is 4.79 Å². The molecular weight excluding hydrogens is 403 g/mol. The standard InChI is InChI=1S/C17H19Cl3N2O4/c1-16(14(23)24,22-15(25)26-8-4-7-17(18,19)20)9-11-10-21-13-6-3-2-5-12(11)13/h2-3,5-6,10,21H,4,7-9H2,1H3,(H,22,25)(H,23,24)/t16-/m0/s1. The van der Waals surface area contributed by atoms with E-state index in [9.17, 15) is 14.7 Å². The van der Waals surface area contributed by atoms with Crippen LogP contribution in [0.25, 0.3) is 10.9 Å². The van der Waals surface area contributed by atoms with Crippen molar-refractivity contribution in [3.63, 3.8) is 0 Å². The summed E-state index contributed by atoms with van der Waals surface area (Å²) in [7, 11) is 0. The van der Waals surface area contributed by atoms with Crippen molar-refractivity contribution in [1.29, 1.82) is 0 Å². The summed E-state index contributed by atoms with van der Waals surface area (Å²) in [6.45, 7) is 1.45. The van der Waals surface area contributed by atoms with Gasteiger partial charge in [0.1, 0.15) is 5.54 Å². The van der Waals surface area contributed by atoms with Gasteiger partial charge in [-0.25, -0.2) is 9.59 Å². The van der Waals surface area contributed by atoms with E-state index < -0.39 is 21.4 Å². The van der Waals surface area contributed by atoms with Gasteiger partial charge in [0.25, 0.3) is 0 Å². The van der Waals surface area contributed by atoms with Gasteiger partial charge >= 0.3 is 12.1 Å². The third-order valence-corrected chi connectivity index (χ3v) is 4.47. The SMILES string of the molecule is C[C@@](Cc1c[nH]c2ccccc12)(NC(=O)OCCCC(Cl)(Cl)Cl)C(=O)O. The number of para-hydroxylation sites is 1. The Labute approximate surface area is 165 Å². The number of alkyl halides is 3. The van der Waals surface area contributed by atoms with Crippen LogP contribution in [0, 0.1) is 0 Å². The number of carbonyl (C=O) groups is 2. The number of hydrogen-bond acceptors (Lipinski definition) is 3. The second kappa shape index (κ2) is 8.37. The number of fused-ring (bicyclic) bond motifs is 1. The number of nitrogens with one attached hydrogen (secondary N) is 2. The Bertz CT molecular complexity index is 788. The minimum Gasteiger partial charge on any atom is -0.480 e. The number of H-pyrrole nitrogens is 1. The molecule has 0 aliphatic rings. The lowest BCUT2D eigenvalue weighted by molar-refractivity contribution is -0.143. The fourth-order valence-electron chi connectivity index (χ4n) is 2.53. The molecule has 26 heavy (non-hydrogen) atoms. The number of amides is 1. The lowest BCUT2D eigenvalue weighted by Gasteiger charge is -2.25. The Hall–Kier alpha value is -1.63. The zero-order valence-corrected chi connectivity index (χ0v) is 16.3. The van der Waals surface area contributed by atoms with Crippen molar-refractivity contribution in [3.05, 3.63) is 36.0 Å². The quantitative estimate of drug-likeness (QED) is 0.455. The van der Waals surface area contributed by atoms with Crippen molar-refractivity contribution < 1.29 is 19.4 Å². The number of rotatable bonds is 7. The lowest BCUT2D eigenvalue weighted by Crippen LogP contribution is -2.54. The highest BCUT2D eigenvalue weighted by Crippen LogP contribution is 2.31. The predicted octanol–water partition coefficient (Wildman–Crippen LogP) is 4.43. The van der Waals surface area contributed by atoms with Gasteiger partial charge in [-0.2, -0.15) is 0 Å². The van der Waals surface area contributed by atoms with Crippen molar-refractivity contribution >= 4 is 57.8 Å². The number of aliphatic carboxylic acids is 1. The van der Waals surface area contributed by atoms with E-state index in [0.29, 0.717) is 6.42 Å². The Morgan fingerprint density at radius 1 is 1.27 bits per heavy atom. The molecule has 1 aromatic carbocycles. The van der Waals surface area contributed by atoms with E-state index in [1.54, 1.807) is 6.20 Å². The van der Waals surface area contributed by atoms with E-state index in [4.69, 9.17) is 39.5 Å². The molecule has 0 saturated carbocycles. The maximum atomic E-state index is 12.0. The zero-order valence-electron chi connectivity index (χ0n) is 14.0. The number of hydrogen-bond donors (Lipinski definition) is 3. The molecule has 1 atom stereocenters. The molecular formula is C17H19Cl3N2O4. The highest BCUT2D eigenvalue weighted by Gasteiger charge is 2.36. The fourth-order valence-corrected chi connectivity index (χ4v) is 2.93. The van der Waals surface area contributed by atoms with Gasteiger partial charge in [-0.3, -0.25) is 0 Å². The van der Waals surface area contributed by atoms with Crippen molar-refractivity contribution in [2.24, 2.45) is 0 Å². The first kappa shape index (κ1) is 20.7. The summed E-state index contributed by atoms with van der Waals surface area (Å²) in [5.74, 6) is -1.17. The molecule has 3 N–H and O–H groups in total. The molecule has 2 aromatic rings. The van der Waals surface area contributed by atoms with Crippen LogP contribution >= 0.6 is 34.8 Å². The molecule has 6 nitrogen and oxygen atoms in total. The fraction of sp³-hybridized carbons (Fsp3) is 0.412. The number of halogens is 3. The van der Waals surface area contributed by atoms with Crippen molar-refractivity contribution in [1.82, 2.24) is 10.3 Å². The third-order valence-electron chi connectivity index (χ3n) is 3.91. The van der Waals surface area contributed by atoms with Gasteiger partial charge < -0.3 is 20.1 Å². The molecule has 0 aliphatic heterocycles. The summed E-state index contributed by atoms with van der Waals surface area (Å²) < 4.78 is 3.58. The summed E-state index contributed by atoms with van der Waals surface area (Å²) in [5.41, 5.74) is 0.142. The van der Waals surface area contributed by atoms with Crippen LogP contribution < -0.4 is 5.32 Å².